The number of aromatic carboxylic acids is 1. The van der Waals surface area contributed by atoms with Gasteiger partial charge in [-0.2, -0.15) is 0 Å². The first kappa shape index (κ1) is 15.8. The number of nitrogens with zero attached hydrogens (tertiary/aromatic N) is 1. The monoisotopic (exact) mass is 291 g/mol. The Bertz CT molecular complexity index is 455. The van der Waals surface area contributed by atoms with Crippen LogP contribution in [0.25, 0.3) is 0 Å². The molecule has 1 N–H and O–H groups in total. The second-order valence-corrected chi connectivity index (χ2v) is 5.92. The van der Waals surface area contributed by atoms with Gasteiger partial charge in [-0.05, 0) is 44.4 Å². The first-order chi connectivity index (χ1) is 10.2. The molecule has 4 heteroatoms. The van der Waals surface area contributed by atoms with Crippen molar-refractivity contribution < 1.29 is 14.6 Å². The molecule has 0 aliphatic heterocycles. The predicted octanol–water partition coefficient (Wildman–Crippen LogP) is 3.28. The van der Waals surface area contributed by atoms with Crippen molar-refractivity contribution in [1.29, 1.82) is 0 Å². The average molecular weight is 291 g/mol. The summed E-state index contributed by atoms with van der Waals surface area (Å²) in [5, 5.41) is 9.08. The third-order valence-corrected chi connectivity index (χ3v) is 4.10. The van der Waals surface area contributed by atoms with E-state index in [9.17, 15) is 4.79 Å². The molecule has 2 rings (SSSR count). The van der Waals surface area contributed by atoms with E-state index in [0.29, 0.717) is 12.4 Å². The Balaban J connectivity index is 1.68. The van der Waals surface area contributed by atoms with E-state index >= 15 is 0 Å². The quantitative estimate of drug-likeness (QED) is 0.747. The molecule has 1 fully saturated rings. The summed E-state index contributed by atoms with van der Waals surface area (Å²) in [6.07, 6.45) is 6.41. The number of carbonyl (C=O) groups is 1. The van der Waals surface area contributed by atoms with Crippen molar-refractivity contribution in [3.63, 3.8) is 0 Å². The van der Waals surface area contributed by atoms with Crippen molar-refractivity contribution in [3.05, 3.63) is 29.8 Å². The molecule has 0 aromatic heterocycles. The van der Waals surface area contributed by atoms with Crippen LogP contribution in [-0.4, -0.2) is 42.7 Å². The summed E-state index contributed by atoms with van der Waals surface area (Å²) in [4.78, 5) is 13.4. The third-order valence-electron chi connectivity index (χ3n) is 4.10. The van der Waals surface area contributed by atoms with Gasteiger partial charge in [0.15, 0.2) is 0 Å². The molecule has 0 spiro atoms. The van der Waals surface area contributed by atoms with Gasteiger partial charge >= 0.3 is 5.97 Å². The zero-order chi connectivity index (χ0) is 15.1. The minimum absolute atomic E-state index is 0.233. The summed E-state index contributed by atoms with van der Waals surface area (Å²) in [5.41, 5.74) is 0.233. The summed E-state index contributed by atoms with van der Waals surface area (Å²) in [6, 6.07) is 6.80. The Hall–Kier alpha value is -1.55. The van der Waals surface area contributed by atoms with Crippen LogP contribution >= 0.6 is 0 Å². The summed E-state index contributed by atoms with van der Waals surface area (Å²) < 4.78 is 5.61. The number of ether oxygens (including phenoxy) is 1. The third kappa shape index (κ3) is 5.05. The zero-order valence-corrected chi connectivity index (χ0v) is 12.8. The van der Waals surface area contributed by atoms with Crippen LogP contribution in [0.2, 0.25) is 0 Å². The normalized spacial score (nSPS) is 15.5. The number of hydrogen-bond donors (Lipinski definition) is 1. The molecule has 116 valence electrons. The van der Waals surface area contributed by atoms with Crippen LogP contribution in [0.1, 0.15) is 42.5 Å². The van der Waals surface area contributed by atoms with E-state index in [1.54, 1.807) is 24.3 Å². The summed E-state index contributed by atoms with van der Waals surface area (Å²) in [6.45, 7) is 2.72. The lowest BCUT2D eigenvalue weighted by Gasteiger charge is -2.20. The van der Waals surface area contributed by atoms with Gasteiger partial charge < -0.3 is 14.7 Å². The Morgan fingerprint density at radius 1 is 1.33 bits per heavy atom. The van der Waals surface area contributed by atoms with Gasteiger partial charge in [-0.15, -0.1) is 0 Å². The van der Waals surface area contributed by atoms with Crippen molar-refractivity contribution in [2.24, 2.45) is 5.92 Å². The maximum absolute atomic E-state index is 11.1. The number of para-hydroxylation sites is 1. The fourth-order valence-electron chi connectivity index (χ4n) is 3.01. The molecule has 4 nitrogen and oxygen atoms in total. The standard InChI is InChI=1S/C17H25NO3/c1-18(13-14-7-2-3-8-14)11-6-12-21-16-10-5-4-9-15(16)17(19)20/h4-5,9-10,14H,2-3,6-8,11-13H2,1H3,(H,19,20). The Morgan fingerprint density at radius 3 is 2.76 bits per heavy atom. The number of rotatable bonds is 8. The maximum atomic E-state index is 11.1. The highest BCUT2D eigenvalue weighted by Gasteiger charge is 2.16. The highest BCUT2D eigenvalue weighted by Crippen LogP contribution is 2.25. The summed E-state index contributed by atoms with van der Waals surface area (Å²) >= 11 is 0. The second kappa shape index (κ2) is 8.03. The zero-order valence-electron chi connectivity index (χ0n) is 12.8. The lowest BCUT2D eigenvalue weighted by Crippen LogP contribution is -2.26. The Kier molecular flexibility index (Phi) is 6.05. The molecule has 1 aromatic carbocycles. The van der Waals surface area contributed by atoms with Gasteiger partial charge in [0.05, 0.1) is 6.61 Å². The molecule has 21 heavy (non-hydrogen) atoms. The van der Waals surface area contributed by atoms with Crippen LogP contribution < -0.4 is 4.74 Å². The number of benzene rings is 1. The van der Waals surface area contributed by atoms with Crippen LogP contribution in [0.5, 0.6) is 5.75 Å². The molecule has 0 heterocycles. The Labute approximate surface area is 126 Å². The SMILES string of the molecule is CN(CCCOc1ccccc1C(=O)O)CC1CCCC1. The van der Waals surface area contributed by atoms with Gasteiger partial charge in [0.2, 0.25) is 0 Å². The van der Waals surface area contributed by atoms with Crippen LogP contribution in [0.4, 0.5) is 0 Å². The van der Waals surface area contributed by atoms with Gasteiger partial charge in [0, 0.05) is 13.1 Å². The fourth-order valence-corrected chi connectivity index (χ4v) is 3.01. The van der Waals surface area contributed by atoms with Crippen molar-refractivity contribution >= 4 is 5.97 Å². The molecule has 1 aliphatic carbocycles. The fraction of sp³-hybridized carbons (Fsp3) is 0.588. The maximum Gasteiger partial charge on any atom is 0.339 e. The minimum atomic E-state index is -0.941. The molecular weight excluding hydrogens is 266 g/mol. The van der Waals surface area contributed by atoms with Crippen LogP contribution in [0.15, 0.2) is 24.3 Å². The van der Waals surface area contributed by atoms with Crippen LogP contribution in [-0.2, 0) is 0 Å². The predicted molar refractivity (Wildman–Crippen MR) is 83.0 cm³/mol. The first-order valence-corrected chi connectivity index (χ1v) is 7.80. The van der Waals surface area contributed by atoms with Crippen molar-refractivity contribution in [3.8, 4) is 5.75 Å². The molecule has 0 bridgehead atoms. The highest BCUT2D eigenvalue weighted by atomic mass is 16.5. The molecule has 0 atom stereocenters. The molecule has 0 unspecified atom stereocenters. The van der Waals surface area contributed by atoms with E-state index in [2.05, 4.69) is 11.9 Å². The number of carboxylic acids is 1. The van der Waals surface area contributed by atoms with E-state index in [0.717, 1.165) is 18.9 Å². The lowest BCUT2D eigenvalue weighted by molar-refractivity contribution is 0.0692. The number of hydrogen-bond acceptors (Lipinski definition) is 3. The minimum Gasteiger partial charge on any atom is -0.493 e. The molecule has 1 aromatic rings. The van der Waals surface area contributed by atoms with E-state index in [1.807, 2.05) is 0 Å². The van der Waals surface area contributed by atoms with Crippen LogP contribution in [0, 0.1) is 5.92 Å². The van der Waals surface area contributed by atoms with E-state index < -0.39 is 5.97 Å². The van der Waals surface area contributed by atoms with Gasteiger partial charge in [0.25, 0.3) is 0 Å². The van der Waals surface area contributed by atoms with E-state index in [1.165, 1.54) is 32.2 Å². The number of carboxylic acid groups (broad SMARTS) is 1. The first-order valence-electron chi connectivity index (χ1n) is 7.80. The molecular formula is C17H25NO3. The second-order valence-electron chi connectivity index (χ2n) is 5.92. The van der Waals surface area contributed by atoms with Crippen molar-refractivity contribution in [1.82, 2.24) is 4.90 Å². The summed E-state index contributed by atoms with van der Waals surface area (Å²) in [7, 11) is 2.16. The topological polar surface area (TPSA) is 49.8 Å². The Morgan fingerprint density at radius 2 is 2.05 bits per heavy atom. The molecule has 0 saturated heterocycles. The van der Waals surface area contributed by atoms with Gasteiger partial charge in [-0.1, -0.05) is 25.0 Å². The molecule has 0 radical (unpaired) electrons. The summed E-state index contributed by atoms with van der Waals surface area (Å²) in [5.74, 6) is 0.385. The van der Waals surface area contributed by atoms with Crippen molar-refractivity contribution in [2.75, 3.05) is 26.7 Å². The average Bonchev–Trinajstić information content (AvgIpc) is 2.96. The van der Waals surface area contributed by atoms with Gasteiger partial charge in [0.1, 0.15) is 11.3 Å². The van der Waals surface area contributed by atoms with Crippen molar-refractivity contribution in [2.45, 2.75) is 32.1 Å². The molecule has 1 saturated carbocycles. The molecule has 0 amide bonds. The van der Waals surface area contributed by atoms with Gasteiger partial charge in [-0.3, -0.25) is 0 Å². The van der Waals surface area contributed by atoms with E-state index in [-0.39, 0.29) is 5.56 Å². The smallest absolute Gasteiger partial charge is 0.339 e. The molecule has 1 aliphatic rings. The van der Waals surface area contributed by atoms with E-state index in [4.69, 9.17) is 9.84 Å². The largest absolute Gasteiger partial charge is 0.493 e. The lowest BCUT2D eigenvalue weighted by atomic mass is 10.1. The van der Waals surface area contributed by atoms with Gasteiger partial charge in [-0.25, -0.2) is 4.79 Å². The highest BCUT2D eigenvalue weighted by molar-refractivity contribution is 5.90. The van der Waals surface area contributed by atoms with Crippen LogP contribution in [0.3, 0.4) is 0 Å².